The number of anilines is 1. The summed E-state index contributed by atoms with van der Waals surface area (Å²) in [5.74, 6) is 1.50. The number of methoxy groups -OCH3 is 2. The molecule has 4 aromatic rings. The second-order valence-electron chi connectivity index (χ2n) is 12.8. The van der Waals surface area contributed by atoms with E-state index in [1.165, 1.54) is 7.11 Å². The third-order valence-electron chi connectivity index (χ3n) is 9.84. The molecule has 2 saturated carbocycles. The van der Waals surface area contributed by atoms with Gasteiger partial charge in [0.15, 0.2) is 11.5 Å². The predicted molar refractivity (Wildman–Crippen MR) is 175 cm³/mol. The molecule has 246 valence electrons. The van der Waals surface area contributed by atoms with Gasteiger partial charge in [0.2, 0.25) is 0 Å². The molecule has 3 fully saturated rings. The van der Waals surface area contributed by atoms with Crippen LogP contribution in [0.5, 0.6) is 17.2 Å². The summed E-state index contributed by atoms with van der Waals surface area (Å²) in [6.07, 6.45) is 6.38. The Bertz CT molecular complexity index is 1830. The molecule has 2 aromatic heterocycles. The zero-order valence-electron chi connectivity index (χ0n) is 26.8. The number of carbonyl (C=O) groups is 1. The average molecular weight is 660 g/mol. The van der Waals surface area contributed by atoms with Crippen LogP contribution < -0.4 is 19.1 Å². The van der Waals surface area contributed by atoms with Crippen LogP contribution >= 0.6 is 11.6 Å². The van der Waals surface area contributed by atoms with Crippen LogP contribution in [0.25, 0.3) is 11.0 Å². The van der Waals surface area contributed by atoms with Crippen molar-refractivity contribution in [1.29, 1.82) is 0 Å². The lowest BCUT2D eigenvalue weighted by molar-refractivity contribution is -0.0717. The number of pyridine rings is 1. The minimum Gasteiger partial charge on any atom is -0.494 e. The molecule has 0 bridgehead atoms. The maximum absolute atomic E-state index is 12.5. The Balaban J connectivity index is 1.05. The number of carbonyl (C=O) groups excluding carboxylic acids is 1. The SMILES string of the molecule is COC(=O)c1cc(OC)c2nc(CN3CCN(c4cccc5c4OC(C)(c4ccc(Cl)cn4)O5)[C@@H]4CC[C@H]43)n(CCOC3CC3)c2c1. The molecule has 3 atom stereocenters. The van der Waals surface area contributed by atoms with E-state index in [-0.39, 0.29) is 0 Å². The van der Waals surface area contributed by atoms with Gasteiger partial charge >= 0.3 is 5.97 Å². The minimum absolute atomic E-state index is 0.329. The van der Waals surface area contributed by atoms with Crippen LogP contribution in [0, 0.1) is 0 Å². The number of rotatable bonds is 10. The largest absolute Gasteiger partial charge is 0.494 e. The Labute approximate surface area is 278 Å². The Morgan fingerprint density at radius 3 is 2.64 bits per heavy atom. The highest BCUT2D eigenvalue weighted by atomic mass is 35.5. The number of ether oxygens (including phenoxy) is 5. The number of fused-ring (bicyclic) bond motifs is 3. The second kappa shape index (κ2) is 11.9. The Morgan fingerprint density at radius 1 is 1.06 bits per heavy atom. The topological polar surface area (TPSA) is 100 Å². The first kappa shape index (κ1) is 30.3. The van der Waals surface area contributed by atoms with Gasteiger partial charge in [-0.25, -0.2) is 9.78 Å². The van der Waals surface area contributed by atoms with Crippen LogP contribution in [0.1, 0.15) is 54.5 Å². The number of halogens is 1. The zero-order valence-corrected chi connectivity index (χ0v) is 27.5. The summed E-state index contributed by atoms with van der Waals surface area (Å²) in [4.78, 5) is 27.1. The number of piperazine rings is 1. The fraction of sp³-hybridized carbons (Fsp3) is 0.457. The summed E-state index contributed by atoms with van der Waals surface area (Å²) in [5, 5.41) is 0.565. The molecule has 0 N–H and O–H groups in total. The van der Waals surface area contributed by atoms with Crippen molar-refractivity contribution in [2.75, 3.05) is 38.8 Å². The first-order valence-corrected chi connectivity index (χ1v) is 16.6. The number of imidazole rings is 1. The molecule has 2 aromatic carbocycles. The highest BCUT2D eigenvalue weighted by Gasteiger charge is 2.47. The molecule has 1 saturated heterocycles. The minimum atomic E-state index is -1.04. The van der Waals surface area contributed by atoms with Crippen molar-refractivity contribution in [1.82, 2.24) is 19.4 Å². The molecule has 4 heterocycles. The molecule has 47 heavy (non-hydrogen) atoms. The fourth-order valence-corrected chi connectivity index (χ4v) is 7.25. The maximum Gasteiger partial charge on any atom is 0.338 e. The number of esters is 1. The van der Waals surface area contributed by atoms with Crippen molar-refractivity contribution in [3.63, 3.8) is 0 Å². The van der Waals surface area contributed by atoms with Crippen molar-refractivity contribution < 1.29 is 28.5 Å². The average Bonchev–Trinajstić information content (AvgIpc) is 3.72. The molecule has 2 aliphatic heterocycles. The molecule has 0 amide bonds. The van der Waals surface area contributed by atoms with E-state index in [1.807, 2.05) is 31.2 Å². The van der Waals surface area contributed by atoms with Gasteiger partial charge in [-0.15, -0.1) is 0 Å². The van der Waals surface area contributed by atoms with Crippen molar-refractivity contribution in [2.45, 2.75) is 69.7 Å². The van der Waals surface area contributed by atoms with E-state index in [9.17, 15) is 4.79 Å². The number of aromatic nitrogens is 3. The molecule has 0 spiro atoms. The maximum atomic E-state index is 12.5. The first-order valence-electron chi connectivity index (χ1n) is 16.3. The summed E-state index contributed by atoms with van der Waals surface area (Å²) < 4.78 is 31.9. The van der Waals surface area contributed by atoms with Crippen molar-refractivity contribution in [3.8, 4) is 17.2 Å². The van der Waals surface area contributed by atoms with Gasteiger partial charge in [-0.3, -0.25) is 9.88 Å². The summed E-state index contributed by atoms with van der Waals surface area (Å²) in [7, 11) is 2.99. The predicted octanol–water partition coefficient (Wildman–Crippen LogP) is 5.56. The Hall–Kier alpha value is -4.06. The third kappa shape index (κ3) is 5.44. The Morgan fingerprint density at radius 2 is 1.91 bits per heavy atom. The zero-order chi connectivity index (χ0) is 32.3. The van der Waals surface area contributed by atoms with Gasteiger partial charge in [-0.2, -0.15) is 0 Å². The summed E-state index contributed by atoms with van der Waals surface area (Å²) in [6, 6.07) is 14.0. The van der Waals surface area contributed by atoms with Crippen LogP contribution in [0.4, 0.5) is 5.69 Å². The second-order valence-corrected chi connectivity index (χ2v) is 13.2. The fourth-order valence-electron chi connectivity index (χ4n) is 7.13. The molecule has 8 rings (SSSR count). The third-order valence-corrected chi connectivity index (χ3v) is 10.1. The molecule has 1 unspecified atom stereocenters. The molecular weight excluding hydrogens is 622 g/mol. The van der Waals surface area contributed by atoms with E-state index < -0.39 is 11.8 Å². The van der Waals surface area contributed by atoms with E-state index in [0.29, 0.717) is 65.7 Å². The van der Waals surface area contributed by atoms with Gasteiger partial charge in [-0.05, 0) is 62.1 Å². The van der Waals surface area contributed by atoms with Crippen LogP contribution in [0.2, 0.25) is 5.02 Å². The normalized spacial score (nSPS) is 23.4. The van der Waals surface area contributed by atoms with Gasteiger partial charge in [0.25, 0.3) is 5.79 Å². The lowest BCUT2D eigenvalue weighted by atomic mass is 9.81. The van der Waals surface area contributed by atoms with Gasteiger partial charge in [0.05, 0.1) is 55.3 Å². The lowest BCUT2D eigenvalue weighted by Gasteiger charge is -2.54. The molecule has 4 aliphatic rings. The monoisotopic (exact) mass is 659 g/mol. The van der Waals surface area contributed by atoms with Gasteiger partial charge in [0, 0.05) is 44.8 Å². The summed E-state index contributed by atoms with van der Waals surface area (Å²) in [5.41, 5.74) is 3.72. The highest BCUT2D eigenvalue weighted by molar-refractivity contribution is 6.30. The van der Waals surface area contributed by atoms with Crippen molar-refractivity contribution in [3.05, 3.63) is 70.8 Å². The summed E-state index contributed by atoms with van der Waals surface area (Å²) >= 11 is 6.09. The van der Waals surface area contributed by atoms with E-state index in [2.05, 4.69) is 25.4 Å². The van der Waals surface area contributed by atoms with Crippen LogP contribution in [0.15, 0.2) is 48.7 Å². The van der Waals surface area contributed by atoms with Gasteiger partial charge in [0.1, 0.15) is 22.8 Å². The van der Waals surface area contributed by atoms with Crippen molar-refractivity contribution in [2.24, 2.45) is 0 Å². The van der Waals surface area contributed by atoms with Gasteiger partial charge < -0.3 is 33.2 Å². The molecule has 11 nitrogen and oxygen atoms in total. The highest BCUT2D eigenvalue weighted by Crippen LogP contribution is 2.51. The quantitative estimate of drug-likeness (QED) is 0.201. The van der Waals surface area contributed by atoms with Crippen LogP contribution in [-0.2, 0) is 28.4 Å². The number of hydrogen-bond acceptors (Lipinski definition) is 10. The first-order chi connectivity index (χ1) is 22.8. The van der Waals surface area contributed by atoms with Crippen molar-refractivity contribution >= 4 is 34.3 Å². The lowest BCUT2D eigenvalue weighted by Crippen LogP contribution is -2.64. The smallest absolute Gasteiger partial charge is 0.338 e. The van der Waals surface area contributed by atoms with Crippen LogP contribution in [0.3, 0.4) is 0 Å². The van der Waals surface area contributed by atoms with Gasteiger partial charge in [-0.1, -0.05) is 17.7 Å². The molecule has 0 radical (unpaired) electrons. The number of para-hydroxylation sites is 1. The van der Waals surface area contributed by atoms with E-state index in [1.54, 1.807) is 25.4 Å². The van der Waals surface area contributed by atoms with E-state index >= 15 is 0 Å². The number of nitrogens with zero attached hydrogens (tertiary/aromatic N) is 5. The molecule has 2 aliphatic carbocycles. The molecular formula is C35H38ClN5O6. The van der Waals surface area contributed by atoms with Crippen LogP contribution in [-0.4, -0.2) is 77.5 Å². The standard InChI is InChI=1S/C35H38ClN5O6/c1-35(30-12-7-22(36)19-37-30)46-28-6-4-5-26(33(28)47-35)40-14-13-39(24-10-11-25(24)40)20-31-38-32-27(41(31)15-16-45-23-8-9-23)17-21(34(42)44-3)18-29(32)43-2/h4-7,12,17-19,23-25H,8-11,13-16,20H2,1-3H3/t24-,25-,35?/m1/s1. The number of benzene rings is 2. The Kier molecular flexibility index (Phi) is 7.65. The van der Waals surface area contributed by atoms with E-state index in [4.69, 9.17) is 40.3 Å². The number of hydrogen-bond donors (Lipinski definition) is 0. The molecule has 12 heteroatoms. The van der Waals surface area contributed by atoms with E-state index in [0.717, 1.165) is 67.1 Å². The summed E-state index contributed by atoms with van der Waals surface area (Å²) in [6.45, 7) is 5.47.